The van der Waals surface area contributed by atoms with Crippen LogP contribution in [-0.4, -0.2) is 37.2 Å². The van der Waals surface area contributed by atoms with Crippen LogP contribution in [0, 0.1) is 17.8 Å². The van der Waals surface area contributed by atoms with Gasteiger partial charge >= 0.3 is 17.9 Å². The van der Waals surface area contributed by atoms with E-state index in [0.717, 1.165) is 75.5 Å². The Hall–Kier alpha value is -1.59. The molecule has 6 heteroatoms. The molecule has 1 unspecified atom stereocenters. The van der Waals surface area contributed by atoms with Crippen molar-refractivity contribution < 1.29 is 28.6 Å². The number of carbonyl (C=O) groups is 3. The molecule has 0 rings (SSSR count). The van der Waals surface area contributed by atoms with Crippen LogP contribution in [0.25, 0.3) is 0 Å². The number of esters is 3. The van der Waals surface area contributed by atoms with Crippen molar-refractivity contribution in [2.24, 2.45) is 17.8 Å². The molecule has 0 saturated carbocycles. The van der Waals surface area contributed by atoms with Gasteiger partial charge in [-0.1, -0.05) is 228 Å². The molecular weight excluding hydrogens is 697 g/mol. The molecule has 0 aromatic heterocycles. The van der Waals surface area contributed by atoms with Gasteiger partial charge in [0.25, 0.3) is 0 Å². The average molecular weight is 793 g/mol. The Labute approximate surface area is 348 Å². The van der Waals surface area contributed by atoms with Gasteiger partial charge in [-0.3, -0.25) is 14.4 Å². The van der Waals surface area contributed by atoms with Crippen molar-refractivity contribution in [3.05, 3.63) is 0 Å². The average Bonchev–Trinajstić information content (AvgIpc) is 3.16. The van der Waals surface area contributed by atoms with Crippen molar-refractivity contribution in [2.45, 2.75) is 272 Å². The molecule has 0 amide bonds. The van der Waals surface area contributed by atoms with Crippen molar-refractivity contribution in [2.75, 3.05) is 13.2 Å². The number of hydrogen-bond acceptors (Lipinski definition) is 6. The largest absolute Gasteiger partial charge is 0.462 e. The zero-order valence-corrected chi connectivity index (χ0v) is 38.4. The number of hydrogen-bond donors (Lipinski definition) is 0. The molecule has 0 radical (unpaired) electrons. The minimum absolute atomic E-state index is 0.0659. The van der Waals surface area contributed by atoms with Gasteiger partial charge in [-0.25, -0.2) is 0 Å². The molecule has 56 heavy (non-hydrogen) atoms. The first kappa shape index (κ1) is 54.4. The van der Waals surface area contributed by atoms with Gasteiger partial charge < -0.3 is 14.2 Å². The summed E-state index contributed by atoms with van der Waals surface area (Å²) < 4.78 is 16.8. The lowest BCUT2D eigenvalue weighted by Gasteiger charge is -2.18. The van der Waals surface area contributed by atoms with Crippen molar-refractivity contribution in [3.8, 4) is 0 Å². The maximum atomic E-state index is 12.7. The third kappa shape index (κ3) is 42.0. The van der Waals surface area contributed by atoms with Gasteiger partial charge in [0.2, 0.25) is 0 Å². The maximum Gasteiger partial charge on any atom is 0.306 e. The standard InChI is InChI=1S/C50H96O6/c1-7-46(6)38-32-26-22-23-28-34-40-49(52)55-43-47(56-50(53)41-35-29-21-17-13-15-19-25-31-37-45(4)5)42-54-48(51)39-33-27-20-16-12-10-8-9-11-14-18-24-30-36-44(2)3/h44-47H,7-43H2,1-6H3/t46?,47-/m1/s1. The van der Waals surface area contributed by atoms with Crippen molar-refractivity contribution >= 4 is 17.9 Å². The number of unbranched alkanes of at least 4 members (excludes halogenated alkanes) is 25. The SMILES string of the molecule is CCC(C)CCCCCCCCC(=O)OC[C@@H](COC(=O)CCCCCCCCCCCCCCCC(C)C)OC(=O)CCCCCCCCCCCC(C)C. The van der Waals surface area contributed by atoms with Crippen LogP contribution in [0.15, 0.2) is 0 Å². The molecule has 0 aliphatic carbocycles. The molecule has 6 nitrogen and oxygen atoms in total. The molecule has 332 valence electrons. The minimum Gasteiger partial charge on any atom is -0.462 e. The van der Waals surface area contributed by atoms with Crippen LogP contribution < -0.4 is 0 Å². The summed E-state index contributed by atoms with van der Waals surface area (Å²) in [6, 6.07) is 0. The van der Waals surface area contributed by atoms with E-state index in [1.807, 2.05) is 0 Å². The maximum absolute atomic E-state index is 12.7. The highest BCUT2D eigenvalue weighted by Gasteiger charge is 2.19. The molecule has 0 heterocycles. The molecule has 0 spiro atoms. The molecule has 0 aromatic carbocycles. The molecule has 0 aromatic rings. The van der Waals surface area contributed by atoms with Crippen LogP contribution in [0.1, 0.15) is 266 Å². The number of carbonyl (C=O) groups excluding carboxylic acids is 3. The van der Waals surface area contributed by atoms with E-state index in [-0.39, 0.29) is 31.1 Å². The van der Waals surface area contributed by atoms with E-state index in [1.54, 1.807) is 0 Å². The third-order valence-corrected chi connectivity index (χ3v) is 11.5. The summed E-state index contributed by atoms with van der Waals surface area (Å²) in [5.41, 5.74) is 0. The second-order valence-electron chi connectivity index (χ2n) is 18.3. The predicted molar refractivity (Wildman–Crippen MR) is 238 cm³/mol. The first-order valence-corrected chi connectivity index (χ1v) is 24.6. The minimum atomic E-state index is -0.763. The monoisotopic (exact) mass is 793 g/mol. The predicted octanol–water partition coefficient (Wildman–Crippen LogP) is 15.6. The topological polar surface area (TPSA) is 78.9 Å². The van der Waals surface area contributed by atoms with Crippen molar-refractivity contribution in [1.29, 1.82) is 0 Å². The highest BCUT2D eigenvalue weighted by Crippen LogP contribution is 2.18. The Morgan fingerprint density at radius 3 is 0.929 bits per heavy atom. The van der Waals surface area contributed by atoms with E-state index in [1.165, 1.54) is 148 Å². The van der Waals surface area contributed by atoms with Gasteiger partial charge in [0.05, 0.1) is 0 Å². The Morgan fingerprint density at radius 1 is 0.357 bits per heavy atom. The molecule has 0 N–H and O–H groups in total. The summed E-state index contributed by atoms with van der Waals surface area (Å²) >= 11 is 0. The molecule has 0 aliphatic heterocycles. The van der Waals surface area contributed by atoms with Crippen LogP contribution >= 0.6 is 0 Å². The van der Waals surface area contributed by atoms with Crippen LogP contribution in [0.4, 0.5) is 0 Å². The summed E-state index contributed by atoms with van der Waals surface area (Å²) in [4.78, 5) is 37.8. The summed E-state index contributed by atoms with van der Waals surface area (Å²) in [6.45, 7) is 13.7. The summed E-state index contributed by atoms with van der Waals surface area (Å²) in [6.07, 6.45) is 39.5. The van der Waals surface area contributed by atoms with Crippen LogP contribution in [-0.2, 0) is 28.6 Å². The summed E-state index contributed by atoms with van der Waals surface area (Å²) in [5, 5.41) is 0. The van der Waals surface area contributed by atoms with Gasteiger partial charge in [-0.2, -0.15) is 0 Å². The molecule has 0 bridgehead atoms. The Bertz CT molecular complexity index is 870. The van der Waals surface area contributed by atoms with Gasteiger partial charge in [-0.05, 0) is 37.0 Å². The fourth-order valence-corrected chi connectivity index (χ4v) is 7.38. The van der Waals surface area contributed by atoms with E-state index in [2.05, 4.69) is 41.5 Å². The Kier molecular flexibility index (Phi) is 40.4. The lowest BCUT2D eigenvalue weighted by atomic mass is 10.00. The van der Waals surface area contributed by atoms with E-state index in [9.17, 15) is 14.4 Å². The van der Waals surface area contributed by atoms with Crippen molar-refractivity contribution in [3.63, 3.8) is 0 Å². The van der Waals surface area contributed by atoms with Crippen LogP contribution in [0.2, 0.25) is 0 Å². The zero-order valence-electron chi connectivity index (χ0n) is 38.4. The second-order valence-corrected chi connectivity index (χ2v) is 18.3. The number of rotatable bonds is 43. The third-order valence-electron chi connectivity index (χ3n) is 11.5. The second kappa shape index (κ2) is 41.6. The molecular formula is C50H96O6. The highest BCUT2D eigenvalue weighted by atomic mass is 16.6. The van der Waals surface area contributed by atoms with Gasteiger partial charge in [0.15, 0.2) is 6.10 Å². The fourth-order valence-electron chi connectivity index (χ4n) is 7.38. The lowest BCUT2D eigenvalue weighted by molar-refractivity contribution is -0.167. The fraction of sp³-hybridized carbons (Fsp3) is 0.940. The highest BCUT2D eigenvalue weighted by molar-refractivity contribution is 5.71. The van der Waals surface area contributed by atoms with E-state index in [4.69, 9.17) is 14.2 Å². The van der Waals surface area contributed by atoms with Gasteiger partial charge in [0, 0.05) is 19.3 Å². The Morgan fingerprint density at radius 2 is 0.625 bits per heavy atom. The number of ether oxygens (including phenoxy) is 3. The molecule has 2 atom stereocenters. The summed E-state index contributed by atoms with van der Waals surface area (Å²) in [7, 11) is 0. The van der Waals surface area contributed by atoms with Gasteiger partial charge in [-0.15, -0.1) is 0 Å². The van der Waals surface area contributed by atoms with Crippen molar-refractivity contribution in [1.82, 2.24) is 0 Å². The lowest BCUT2D eigenvalue weighted by Crippen LogP contribution is -2.30. The van der Waals surface area contributed by atoms with Crippen LogP contribution in [0.5, 0.6) is 0 Å². The molecule has 0 saturated heterocycles. The van der Waals surface area contributed by atoms with E-state index >= 15 is 0 Å². The Balaban J connectivity index is 4.30. The normalized spacial score (nSPS) is 12.6. The quantitative estimate of drug-likeness (QED) is 0.0348. The molecule has 0 fully saturated rings. The van der Waals surface area contributed by atoms with E-state index < -0.39 is 6.10 Å². The van der Waals surface area contributed by atoms with Crippen LogP contribution in [0.3, 0.4) is 0 Å². The first-order chi connectivity index (χ1) is 27.1. The molecule has 0 aliphatic rings. The van der Waals surface area contributed by atoms with E-state index in [0.29, 0.717) is 19.3 Å². The zero-order chi connectivity index (χ0) is 41.3. The van der Waals surface area contributed by atoms with Gasteiger partial charge in [0.1, 0.15) is 13.2 Å². The first-order valence-electron chi connectivity index (χ1n) is 24.6. The summed E-state index contributed by atoms with van der Waals surface area (Å²) in [5.74, 6) is 1.60. The smallest absolute Gasteiger partial charge is 0.306 e.